The first kappa shape index (κ1) is 14.6. The van der Waals surface area contributed by atoms with E-state index in [9.17, 15) is 18.0 Å². The van der Waals surface area contributed by atoms with Gasteiger partial charge in [0.25, 0.3) is 0 Å². The molecular formula is C10H16ClF3N2O. The van der Waals surface area contributed by atoms with Crippen molar-refractivity contribution in [2.75, 3.05) is 12.4 Å². The molecule has 0 aromatic heterocycles. The van der Waals surface area contributed by atoms with Crippen molar-refractivity contribution in [3.63, 3.8) is 0 Å². The van der Waals surface area contributed by atoms with Crippen molar-refractivity contribution in [2.24, 2.45) is 0 Å². The largest absolute Gasteiger partial charge is 0.401 e. The van der Waals surface area contributed by atoms with Gasteiger partial charge in [0.2, 0.25) is 5.91 Å². The van der Waals surface area contributed by atoms with Gasteiger partial charge in [0.1, 0.15) is 0 Å². The van der Waals surface area contributed by atoms with Crippen molar-refractivity contribution < 1.29 is 18.0 Å². The molecule has 0 aromatic carbocycles. The van der Waals surface area contributed by atoms with E-state index in [0.29, 0.717) is 31.6 Å². The van der Waals surface area contributed by atoms with Gasteiger partial charge in [0, 0.05) is 24.4 Å². The average molecular weight is 273 g/mol. The summed E-state index contributed by atoms with van der Waals surface area (Å²) in [4.78, 5) is 11.3. The Morgan fingerprint density at radius 1 is 1.29 bits per heavy atom. The van der Waals surface area contributed by atoms with Crippen LogP contribution in [0.2, 0.25) is 0 Å². The molecule has 0 radical (unpaired) electrons. The minimum atomic E-state index is -4.17. The number of alkyl halides is 4. The molecule has 17 heavy (non-hydrogen) atoms. The summed E-state index contributed by atoms with van der Waals surface area (Å²) in [7, 11) is 0. The first-order valence-electron chi connectivity index (χ1n) is 5.56. The van der Waals surface area contributed by atoms with Crippen LogP contribution < -0.4 is 10.6 Å². The molecule has 0 spiro atoms. The van der Waals surface area contributed by atoms with Gasteiger partial charge in [-0.05, 0) is 19.3 Å². The molecule has 2 N–H and O–H groups in total. The molecule has 1 amide bonds. The summed E-state index contributed by atoms with van der Waals surface area (Å²) in [5, 5.41) is 5.17. The van der Waals surface area contributed by atoms with Gasteiger partial charge in [0.05, 0.1) is 6.54 Å². The first-order valence-corrected chi connectivity index (χ1v) is 6.09. The van der Waals surface area contributed by atoms with Gasteiger partial charge in [-0.25, -0.2) is 0 Å². The molecule has 0 unspecified atom stereocenters. The number of hydrogen-bond acceptors (Lipinski definition) is 2. The maximum absolute atomic E-state index is 11.9. The van der Waals surface area contributed by atoms with Crippen molar-refractivity contribution in [3.8, 4) is 0 Å². The monoisotopic (exact) mass is 272 g/mol. The molecule has 100 valence electrons. The van der Waals surface area contributed by atoms with Crippen LogP contribution in [0.15, 0.2) is 0 Å². The van der Waals surface area contributed by atoms with Crippen molar-refractivity contribution >= 4 is 17.5 Å². The van der Waals surface area contributed by atoms with Gasteiger partial charge in [-0.3, -0.25) is 4.79 Å². The molecule has 1 saturated carbocycles. The molecule has 1 rings (SSSR count). The van der Waals surface area contributed by atoms with E-state index in [1.165, 1.54) is 0 Å². The maximum Gasteiger partial charge on any atom is 0.401 e. The predicted molar refractivity (Wildman–Crippen MR) is 59.0 cm³/mol. The summed E-state index contributed by atoms with van der Waals surface area (Å²) < 4.78 is 35.6. The highest BCUT2D eigenvalue weighted by molar-refractivity contribution is 6.17. The Balaban J connectivity index is 2.05. The minimum Gasteiger partial charge on any atom is -0.353 e. The van der Waals surface area contributed by atoms with Crippen molar-refractivity contribution in [1.82, 2.24) is 10.6 Å². The summed E-state index contributed by atoms with van der Waals surface area (Å²) in [5.41, 5.74) is 0. The van der Waals surface area contributed by atoms with Crippen LogP contribution in [0.3, 0.4) is 0 Å². The first-order chi connectivity index (χ1) is 7.90. The molecule has 0 saturated heterocycles. The standard InChI is InChI=1S/C10H16ClF3N2O/c11-3-1-2-9(17)16-8-4-7(5-8)15-6-10(12,13)14/h7-8,15H,1-6H2,(H,16,17). The number of hydrogen-bond donors (Lipinski definition) is 2. The van der Waals surface area contributed by atoms with Gasteiger partial charge in [-0.1, -0.05) is 0 Å². The van der Waals surface area contributed by atoms with Crippen LogP contribution in [-0.4, -0.2) is 36.6 Å². The zero-order valence-electron chi connectivity index (χ0n) is 9.32. The van der Waals surface area contributed by atoms with E-state index in [2.05, 4.69) is 10.6 Å². The molecule has 3 nitrogen and oxygen atoms in total. The summed E-state index contributed by atoms with van der Waals surface area (Å²) in [6.07, 6.45) is -2.06. The lowest BCUT2D eigenvalue weighted by Gasteiger charge is -2.36. The fourth-order valence-electron chi connectivity index (χ4n) is 1.69. The predicted octanol–water partition coefficient (Wildman–Crippen LogP) is 1.80. The molecule has 1 aliphatic rings. The number of amides is 1. The quantitative estimate of drug-likeness (QED) is 0.724. The molecule has 0 heterocycles. The fraction of sp³-hybridized carbons (Fsp3) is 0.900. The number of halogens is 4. The Labute approximate surface area is 103 Å². The fourth-order valence-corrected chi connectivity index (χ4v) is 1.82. The number of carbonyl (C=O) groups is 1. The van der Waals surface area contributed by atoms with Crippen molar-refractivity contribution in [1.29, 1.82) is 0 Å². The second kappa shape index (κ2) is 6.44. The number of rotatable bonds is 6. The van der Waals surface area contributed by atoms with Crippen LogP contribution in [0.1, 0.15) is 25.7 Å². The highest BCUT2D eigenvalue weighted by atomic mass is 35.5. The van der Waals surface area contributed by atoms with E-state index in [0.717, 1.165) is 0 Å². The average Bonchev–Trinajstić information content (AvgIpc) is 2.16. The van der Waals surface area contributed by atoms with Gasteiger partial charge < -0.3 is 10.6 Å². The van der Waals surface area contributed by atoms with E-state index in [1.54, 1.807) is 0 Å². The topological polar surface area (TPSA) is 41.1 Å². The van der Waals surface area contributed by atoms with Crippen LogP contribution >= 0.6 is 11.6 Å². The zero-order chi connectivity index (χ0) is 12.9. The minimum absolute atomic E-state index is 0.00330. The molecule has 0 atom stereocenters. The van der Waals surface area contributed by atoms with E-state index < -0.39 is 12.7 Å². The van der Waals surface area contributed by atoms with E-state index >= 15 is 0 Å². The second-order valence-corrected chi connectivity index (χ2v) is 4.60. The molecule has 1 aliphatic carbocycles. The van der Waals surface area contributed by atoms with Gasteiger partial charge in [-0.15, -0.1) is 11.6 Å². The van der Waals surface area contributed by atoms with Crippen LogP contribution in [0.25, 0.3) is 0 Å². The summed E-state index contributed by atoms with van der Waals surface area (Å²) in [5.74, 6) is 0.360. The summed E-state index contributed by atoms with van der Waals surface area (Å²) >= 11 is 5.44. The summed E-state index contributed by atoms with van der Waals surface area (Å²) in [6.45, 7) is -0.968. The number of carbonyl (C=O) groups excluding carboxylic acids is 1. The van der Waals surface area contributed by atoms with Crippen molar-refractivity contribution in [3.05, 3.63) is 0 Å². The van der Waals surface area contributed by atoms with Gasteiger partial charge in [-0.2, -0.15) is 13.2 Å². The maximum atomic E-state index is 11.9. The summed E-state index contributed by atoms with van der Waals surface area (Å²) in [6, 6.07) is -0.140. The highest BCUT2D eigenvalue weighted by Crippen LogP contribution is 2.22. The van der Waals surface area contributed by atoms with Crippen LogP contribution in [-0.2, 0) is 4.79 Å². The normalized spacial score (nSPS) is 24.2. The lowest BCUT2D eigenvalue weighted by atomic mass is 9.86. The Kier molecular flexibility index (Phi) is 5.52. The molecular weight excluding hydrogens is 257 g/mol. The Bertz CT molecular complexity index is 254. The van der Waals surface area contributed by atoms with Crippen LogP contribution in [0, 0.1) is 0 Å². The Morgan fingerprint density at radius 3 is 2.47 bits per heavy atom. The Morgan fingerprint density at radius 2 is 1.94 bits per heavy atom. The third-order valence-corrected chi connectivity index (χ3v) is 2.90. The lowest BCUT2D eigenvalue weighted by Crippen LogP contribution is -2.53. The van der Waals surface area contributed by atoms with Gasteiger partial charge in [0.15, 0.2) is 0 Å². The van der Waals surface area contributed by atoms with Crippen molar-refractivity contribution in [2.45, 2.75) is 43.9 Å². The molecule has 7 heteroatoms. The SMILES string of the molecule is O=C(CCCCl)NC1CC(NCC(F)(F)F)C1. The molecule has 0 bridgehead atoms. The third kappa shape index (κ3) is 6.12. The van der Waals surface area contributed by atoms with E-state index in [1.807, 2.05) is 0 Å². The van der Waals surface area contributed by atoms with E-state index in [-0.39, 0.29) is 18.0 Å². The lowest BCUT2D eigenvalue weighted by molar-refractivity contribution is -0.129. The zero-order valence-corrected chi connectivity index (χ0v) is 10.1. The molecule has 0 aromatic rings. The van der Waals surface area contributed by atoms with Crippen LogP contribution in [0.5, 0.6) is 0 Å². The van der Waals surface area contributed by atoms with E-state index in [4.69, 9.17) is 11.6 Å². The smallest absolute Gasteiger partial charge is 0.353 e. The van der Waals surface area contributed by atoms with Crippen LogP contribution in [0.4, 0.5) is 13.2 Å². The molecule has 1 fully saturated rings. The second-order valence-electron chi connectivity index (χ2n) is 4.22. The van der Waals surface area contributed by atoms with Gasteiger partial charge >= 0.3 is 6.18 Å². The Hall–Kier alpha value is -0.490. The number of nitrogens with one attached hydrogen (secondary N) is 2. The highest BCUT2D eigenvalue weighted by Gasteiger charge is 2.34. The molecule has 0 aliphatic heterocycles. The third-order valence-electron chi connectivity index (χ3n) is 2.63.